The molecule has 31 heavy (non-hydrogen) atoms. The quantitative estimate of drug-likeness (QED) is 0.418. The van der Waals surface area contributed by atoms with E-state index in [0.717, 1.165) is 29.7 Å². The lowest BCUT2D eigenvalue weighted by atomic mass is 9.76. The van der Waals surface area contributed by atoms with E-state index in [1.165, 1.54) is 11.8 Å². The van der Waals surface area contributed by atoms with Crippen LogP contribution in [0.15, 0.2) is 75.8 Å². The van der Waals surface area contributed by atoms with Crippen molar-refractivity contribution in [3.05, 3.63) is 97.9 Å². The van der Waals surface area contributed by atoms with Crippen LogP contribution in [0.5, 0.6) is 0 Å². The van der Waals surface area contributed by atoms with Gasteiger partial charge in [-0.3, -0.25) is 9.59 Å². The van der Waals surface area contributed by atoms with Crippen LogP contribution >= 0.6 is 23.4 Å². The summed E-state index contributed by atoms with van der Waals surface area (Å²) in [6.45, 7) is 0. The van der Waals surface area contributed by atoms with Gasteiger partial charge in [0.15, 0.2) is 10.9 Å². The van der Waals surface area contributed by atoms with Gasteiger partial charge in [-0.25, -0.2) is 4.98 Å². The van der Waals surface area contributed by atoms with Gasteiger partial charge in [-0.05, 0) is 36.1 Å². The summed E-state index contributed by atoms with van der Waals surface area (Å²) < 4.78 is 0. The first-order valence-corrected chi connectivity index (χ1v) is 11.6. The van der Waals surface area contributed by atoms with Crippen LogP contribution in [0.1, 0.15) is 41.9 Å². The number of carbonyl (C=O) groups excluding carboxylic acids is 1. The summed E-state index contributed by atoms with van der Waals surface area (Å²) >= 11 is 7.56. The third-order valence-corrected chi connectivity index (χ3v) is 6.85. The fraction of sp³-hybridized carbons (Fsp3) is 0.208. The summed E-state index contributed by atoms with van der Waals surface area (Å²) in [6, 6.07) is 17.4. The zero-order chi connectivity index (χ0) is 21.4. The third-order valence-electron chi connectivity index (χ3n) is 5.66. The molecule has 1 aliphatic heterocycles. The number of Topliss-reactive ketones (excluding diaryl/α,β-unsaturated/α-hetero) is 1. The number of aromatic nitrogens is 2. The fourth-order valence-electron chi connectivity index (χ4n) is 4.22. The summed E-state index contributed by atoms with van der Waals surface area (Å²) in [7, 11) is 0. The highest BCUT2D eigenvalue weighted by molar-refractivity contribution is 7.98. The molecule has 7 heteroatoms. The van der Waals surface area contributed by atoms with Crippen LogP contribution in [-0.2, 0) is 10.5 Å². The number of fused-ring (bicyclic) bond motifs is 1. The molecule has 0 spiro atoms. The first-order chi connectivity index (χ1) is 15.1. The first kappa shape index (κ1) is 20.1. The Kier molecular flexibility index (Phi) is 5.42. The Balaban J connectivity index is 1.57. The van der Waals surface area contributed by atoms with Crippen molar-refractivity contribution in [1.29, 1.82) is 0 Å². The number of ketones is 1. The van der Waals surface area contributed by atoms with Crippen molar-refractivity contribution < 1.29 is 4.79 Å². The Labute approximate surface area is 189 Å². The number of aromatic amines is 1. The van der Waals surface area contributed by atoms with E-state index < -0.39 is 5.92 Å². The van der Waals surface area contributed by atoms with E-state index in [1.54, 1.807) is 12.1 Å². The molecule has 156 valence electrons. The fourth-order valence-corrected chi connectivity index (χ4v) is 5.17. The number of anilines is 1. The summed E-state index contributed by atoms with van der Waals surface area (Å²) in [6.07, 6.45) is 2.06. The van der Waals surface area contributed by atoms with Gasteiger partial charge in [0, 0.05) is 34.4 Å². The maximum atomic E-state index is 13.2. The van der Waals surface area contributed by atoms with Gasteiger partial charge >= 0.3 is 0 Å². The van der Waals surface area contributed by atoms with Crippen molar-refractivity contribution in [3.8, 4) is 0 Å². The van der Waals surface area contributed by atoms with Crippen LogP contribution in [0.2, 0.25) is 5.02 Å². The molecule has 0 radical (unpaired) electrons. The maximum absolute atomic E-state index is 13.2. The van der Waals surface area contributed by atoms with E-state index in [9.17, 15) is 9.59 Å². The molecule has 2 aliphatic rings. The minimum absolute atomic E-state index is 0.0845. The van der Waals surface area contributed by atoms with Crippen molar-refractivity contribution in [2.75, 3.05) is 5.32 Å². The third kappa shape index (κ3) is 3.93. The monoisotopic (exact) mass is 449 g/mol. The molecule has 5 rings (SSSR count). The van der Waals surface area contributed by atoms with Crippen LogP contribution in [0.4, 0.5) is 5.82 Å². The van der Waals surface area contributed by atoms with Gasteiger partial charge in [0.25, 0.3) is 5.56 Å². The first-order valence-electron chi connectivity index (χ1n) is 10.2. The lowest BCUT2D eigenvalue weighted by molar-refractivity contribution is -0.116. The number of hydrogen-bond donors (Lipinski definition) is 2. The molecule has 1 aromatic heterocycles. The molecule has 0 fully saturated rings. The number of rotatable bonds is 4. The molecule has 2 aromatic carbocycles. The highest BCUT2D eigenvalue weighted by Gasteiger charge is 2.37. The second-order valence-corrected chi connectivity index (χ2v) is 9.09. The zero-order valence-corrected chi connectivity index (χ0v) is 18.2. The molecule has 2 heterocycles. The average Bonchev–Trinajstić information content (AvgIpc) is 2.78. The molecule has 1 atom stereocenters. The SMILES string of the molecule is O=C1CCCC2=C1C(c1ccc(Cl)cc1)c1c(nc(SCc3ccccc3)[nH]c1=O)N2. The summed E-state index contributed by atoms with van der Waals surface area (Å²) in [5.74, 6) is 0.880. The van der Waals surface area contributed by atoms with Gasteiger partial charge in [0.05, 0.1) is 5.56 Å². The minimum Gasteiger partial charge on any atom is -0.343 e. The largest absolute Gasteiger partial charge is 0.343 e. The number of nitrogens with one attached hydrogen (secondary N) is 2. The summed E-state index contributed by atoms with van der Waals surface area (Å²) in [4.78, 5) is 33.7. The topological polar surface area (TPSA) is 74.8 Å². The van der Waals surface area contributed by atoms with Crippen molar-refractivity contribution in [3.63, 3.8) is 0 Å². The Morgan fingerprint density at radius 1 is 1.03 bits per heavy atom. The number of H-pyrrole nitrogens is 1. The smallest absolute Gasteiger partial charge is 0.257 e. The molecule has 1 unspecified atom stereocenters. The minimum atomic E-state index is -0.444. The number of allylic oxidation sites excluding steroid dienone is 2. The van der Waals surface area contributed by atoms with Crippen LogP contribution in [0, 0.1) is 0 Å². The number of thioether (sulfide) groups is 1. The molecule has 0 amide bonds. The van der Waals surface area contributed by atoms with Crippen molar-refractivity contribution in [1.82, 2.24) is 9.97 Å². The van der Waals surface area contributed by atoms with Crippen LogP contribution in [-0.4, -0.2) is 15.8 Å². The molecular weight excluding hydrogens is 430 g/mol. The van der Waals surface area contributed by atoms with Gasteiger partial charge in [0.1, 0.15) is 5.82 Å². The maximum Gasteiger partial charge on any atom is 0.257 e. The lowest BCUT2D eigenvalue weighted by Gasteiger charge is -2.32. The Bertz CT molecular complexity index is 1240. The lowest BCUT2D eigenvalue weighted by Crippen LogP contribution is -2.32. The highest BCUT2D eigenvalue weighted by Crippen LogP contribution is 2.43. The van der Waals surface area contributed by atoms with Crippen LogP contribution in [0.25, 0.3) is 0 Å². The van der Waals surface area contributed by atoms with Gasteiger partial charge < -0.3 is 10.3 Å². The van der Waals surface area contributed by atoms with Gasteiger partial charge in [-0.15, -0.1) is 0 Å². The molecule has 1 aliphatic carbocycles. The second kappa shape index (κ2) is 8.36. The van der Waals surface area contributed by atoms with Crippen LogP contribution < -0.4 is 10.9 Å². The van der Waals surface area contributed by atoms with E-state index in [4.69, 9.17) is 16.6 Å². The highest BCUT2D eigenvalue weighted by atomic mass is 35.5. The molecule has 5 nitrogen and oxygen atoms in total. The number of benzene rings is 2. The number of nitrogens with zero attached hydrogens (tertiary/aromatic N) is 1. The van der Waals surface area contributed by atoms with Crippen molar-refractivity contribution in [2.45, 2.75) is 36.1 Å². The molecule has 3 aromatic rings. The molecule has 0 saturated carbocycles. The predicted molar refractivity (Wildman–Crippen MR) is 124 cm³/mol. The normalized spacial score (nSPS) is 17.7. The standard InChI is InChI=1S/C24H20ClN3O2S/c25-16-11-9-15(10-12-16)19-20-17(7-4-8-18(20)29)26-22-21(19)23(30)28-24(27-22)31-13-14-5-2-1-3-6-14/h1-3,5-6,9-12,19H,4,7-8,13H2,(H2,26,27,28,30). The predicted octanol–water partition coefficient (Wildman–Crippen LogP) is 5.28. The van der Waals surface area contributed by atoms with Gasteiger partial charge in [-0.2, -0.15) is 0 Å². The van der Waals surface area contributed by atoms with E-state index in [1.807, 2.05) is 42.5 Å². The van der Waals surface area contributed by atoms with Crippen LogP contribution in [0.3, 0.4) is 0 Å². The van der Waals surface area contributed by atoms with Crippen molar-refractivity contribution >= 4 is 35.0 Å². The Morgan fingerprint density at radius 2 is 1.81 bits per heavy atom. The number of hydrogen-bond acceptors (Lipinski definition) is 5. The van der Waals surface area contributed by atoms with E-state index in [0.29, 0.717) is 39.3 Å². The number of carbonyl (C=O) groups is 1. The molecule has 0 saturated heterocycles. The summed E-state index contributed by atoms with van der Waals surface area (Å²) in [5.41, 5.74) is 3.84. The Morgan fingerprint density at radius 3 is 2.58 bits per heavy atom. The summed E-state index contributed by atoms with van der Waals surface area (Å²) in [5, 5.41) is 4.48. The average molecular weight is 450 g/mol. The van der Waals surface area contributed by atoms with Crippen molar-refractivity contribution in [2.24, 2.45) is 0 Å². The molecule has 2 N–H and O–H groups in total. The molecular formula is C24H20ClN3O2S. The zero-order valence-electron chi connectivity index (χ0n) is 16.7. The Hall–Kier alpha value is -2.83. The molecule has 0 bridgehead atoms. The van der Waals surface area contributed by atoms with E-state index in [-0.39, 0.29) is 11.3 Å². The van der Waals surface area contributed by atoms with E-state index >= 15 is 0 Å². The number of halogens is 1. The second-order valence-electron chi connectivity index (χ2n) is 7.69. The van der Waals surface area contributed by atoms with Gasteiger partial charge in [-0.1, -0.05) is 65.8 Å². The van der Waals surface area contributed by atoms with E-state index in [2.05, 4.69) is 10.3 Å². The van der Waals surface area contributed by atoms with Gasteiger partial charge in [0.2, 0.25) is 0 Å².